The van der Waals surface area contributed by atoms with Gasteiger partial charge in [-0.15, -0.1) is 0 Å². The second-order valence-corrected chi connectivity index (χ2v) is 5.35. The Bertz CT molecular complexity index is 722. The van der Waals surface area contributed by atoms with E-state index in [2.05, 4.69) is 16.0 Å². The lowest BCUT2D eigenvalue weighted by Crippen LogP contribution is -2.31. The van der Waals surface area contributed by atoms with Crippen molar-refractivity contribution in [3.05, 3.63) is 53.0 Å². The number of aryl methyl sites for hydroxylation is 2. The Morgan fingerprint density at radius 1 is 1.17 bits per heavy atom. The van der Waals surface area contributed by atoms with Crippen molar-refractivity contribution in [2.75, 3.05) is 12.4 Å². The first-order chi connectivity index (χ1) is 10.9. The zero-order chi connectivity index (χ0) is 17.0. The van der Waals surface area contributed by atoms with Crippen molar-refractivity contribution in [2.24, 2.45) is 0 Å². The normalized spacial score (nSPS) is 11.7. The van der Waals surface area contributed by atoms with Crippen molar-refractivity contribution in [1.82, 2.24) is 10.6 Å². The van der Waals surface area contributed by atoms with Crippen LogP contribution in [0.25, 0.3) is 0 Å². The minimum Gasteiger partial charge on any atom is -0.466 e. The van der Waals surface area contributed by atoms with Crippen LogP contribution in [0.4, 0.5) is 10.5 Å². The van der Waals surface area contributed by atoms with E-state index in [1.165, 1.54) is 0 Å². The van der Waals surface area contributed by atoms with Crippen LogP contribution >= 0.6 is 0 Å². The van der Waals surface area contributed by atoms with Crippen LogP contribution in [0.15, 0.2) is 34.7 Å². The van der Waals surface area contributed by atoms with Crippen molar-refractivity contribution in [2.45, 2.75) is 26.8 Å². The summed E-state index contributed by atoms with van der Waals surface area (Å²) >= 11 is 0. The Kier molecular flexibility index (Phi) is 5.05. The van der Waals surface area contributed by atoms with Crippen molar-refractivity contribution < 1.29 is 14.0 Å². The molecule has 6 nitrogen and oxygen atoms in total. The lowest BCUT2D eigenvalue weighted by molar-refractivity contribution is 0.0963. The minimum atomic E-state index is -0.343. The molecule has 1 aromatic heterocycles. The lowest BCUT2D eigenvalue weighted by atomic mass is 10.1. The summed E-state index contributed by atoms with van der Waals surface area (Å²) in [6.07, 6.45) is 0. The largest absolute Gasteiger partial charge is 0.466 e. The Balaban J connectivity index is 2.02. The van der Waals surface area contributed by atoms with Gasteiger partial charge >= 0.3 is 6.03 Å². The standard InChI is InChI=1S/C17H21N3O3/c1-10-8-15(12(3)23-10)11(2)19-17(22)20-14-7-5-6-13(9-14)16(21)18-4/h5-9,11H,1-4H3,(H,18,21)(H2,19,20,22). The summed E-state index contributed by atoms with van der Waals surface area (Å²) in [7, 11) is 1.56. The molecule has 1 heterocycles. The fourth-order valence-electron chi connectivity index (χ4n) is 2.40. The number of rotatable bonds is 4. The van der Waals surface area contributed by atoms with E-state index in [0.29, 0.717) is 11.3 Å². The quantitative estimate of drug-likeness (QED) is 0.810. The van der Waals surface area contributed by atoms with Gasteiger partial charge in [0, 0.05) is 23.9 Å². The van der Waals surface area contributed by atoms with Crippen molar-refractivity contribution in [3.8, 4) is 0 Å². The zero-order valence-corrected chi connectivity index (χ0v) is 13.7. The number of carbonyl (C=O) groups is 2. The van der Waals surface area contributed by atoms with Crippen LogP contribution < -0.4 is 16.0 Å². The van der Waals surface area contributed by atoms with Gasteiger partial charge in [-0.2, -0.15) is 0 Å². The van der Waals surface area contributed by atoms with Gasteiger partial charge in [-0.3, -0.25) is 4.79 Å². The molecule has 0 radical (unpaired) electrons. The van der Waals surface area contributed by atoms with Gasteiger partial charge in [0.15, 0.2) is 0 Å². The van der Waals surface area contributed by atoms with Gasteiger partial charge in [0.05, 0.1) is 6.04 Å². The highest BCUT2D eigenvalue weighted by Crippen LogP contribution is 2.21. The van der Waals surface area contributed by atoms with Crippen LogP contribution in [-0.4, -0.2) is 19.0 Å². The topological polar surface area (TPSA) is 83.4 Å². The van der Waals surface area contributed by atoms with Crippen LogP contribution in [0.5, 0.6) is 0 Å². The van der Waals surface area contributed by atoms with E-state index in [9.17, 15) is 9.59 Å². The summed E-state index contributed by atoms with van der Waals surface area (Å²) < 4.78 is 5.47. The molecule has 0 saturated heterocycles. The van der Waals surface area contributed by atoms with E-state index in [-0.39, 0.29) is 18.0 Å². The first-order valence-electron chi connectivity index (χ1n) is 7.37. The van der Waals surface area contributed by atoms with Crippen LogP contribution in [0, 0.1) is 13.8 Å². The average molecular weight is 315 g/mol. The molecule has 1 atom stereocenters. The maximum Gasteiger partial charge on any atom is 0.319 e. The van der Waals surface area contributed by atoms with Gasteiger partial charge in [-0.05, 0) is 45.0 Å². The molecule has 0 spiro atoms. The molecule has 0 aliphatic rings. The molecule has 0 bridgehead atoms. The van der Waals surface area contributed by atoms with Crippen molar-refractivity contribution in [1.29, 1.82) is 0 Å². The number of furan rings is 1. The average Bonchev–Trinajstić information content (AvgIpc) is 2.85. The summed E-state index contributed by atoms with van der Waals surface area (Å²) in [5, 5.41) is 8.12. The molecule has 1 unspecified atom stereocenters. The summed E-state index contributed by atoms with van der Waals surface area (Å²) in [6, 6.07) is 8.13. The van der Waals surface area contributed by atoms with Gasteiger partial charge in [-0.1, -0.05) is 6.07 Å². The lowest BCUT2D eigenvalue weighted by Gasteiger charge is -2.14. The van der Waals surface area contributed by atoms with Gasteiger partial charge in [0.1, 0.15) is 11.5 Å². The van der Waals surface area contributed by atoms with E-state index in [1.807, 2.05) is 26.8 Å². The smallest absolute Gasteiger partial charge is 0.319 e. The Morgan fingerprint density at radius 2 is 1.91 bits per heavy atom. The molecule has 122 valence electrons. The predicted octanol–water partition coefficient (Wildman–Crippen LogP) is 3.14. The molecule has 1 aromatic carbocycles. The number of benzene rings is 1. The molecule has 2 aromatic rings. The predicted molar refractivity (Wildman–Crippen MR) is 88.6 cm³/mol. The Hall–Kier alpha value is -2.76. The maximum absolute atomic E-state index is 12.1. The minimum absolute atomic E-state index is 0.186. The first-order valence-corrected chi connectivity index (χ1v) is 7.37. The molecule has 23 heavy (non-hydrogen) atoms. The number of urea groups is 1. The highest BCUT2D eigenvalue weighted by Gasteiger charge is 2.15. The second kappa shape index (κ2) is 7.00. The van der Waals surface area contributed by atoms with E-state index >= 15 is 0 Å². The number of anilines is 1. The highest BCUT2D eigenvalue weighted by molar-refractivity contribution is 5.96. The molecule has 0 saturated carbocycles. The highest BCUT2D eigenvalue weighted by atomic mass is 16.3. The molecule has 3 N–H and O–H groups in total. The number of hydrogen-bond donors (Lipinski definition) is 3. The summed E-state index contributed by atoms with van der Waals surface area (Å²) in [4.78, 5) is 23.7. The monoisotopic (exact) mass is 315 g/mol. The first kappa shape index (κ1) is 16.6. The molecule has 0 aliphatic heterocycles. The van der Waals surface area contributed by atoms with Gasteiger partial charge in [0.25, 0.3) is 5.91 Å². The van der Waals surface area contributed by atoms with E-state index < -0.39 is 0 Å². The third kappa shape index (κ3) is 4.12. The van der Waals surface area contributed by atoms with Crippen LogP contribution in [0.1, 0.15) is 40.4 Å². The van der Waals surface area contributed by atoms with E-state index in [0.717, 1.165) is 17.1 Å². The Labute approximate surface area is 135 Å². The Morgan fingerprint density at radius 3 is 2.52 bits per heavy atom. The third-order valence-corrected chi connectivity index (χ3v) is 3.50. The molecule has 0 aliphatic carbocycles. The van der Waals surface area contributed by atoms with Crippen LogP contribution in [0.2, 0.25) is 0 Å². The fraction of sp³-hybridized carbons (Fsp3) is 0.294. The van der Waals surface area contributed by atoms with Crippen LogP contribution in [0.3, 0.4) is 0 Å². The number of nitrogens with one attached hydrogen (secondary N) is 3. The molecule has 2 rings (SSSR count). The summed E-state index contributed by atoms with van der Waals surface area (Å²) in [5.41, 5.74) is 1.98. The zero-order valence-electron chi connectivity index (χ0n) is 13.7. The number of hydrogen-bond acceptors (Lipinski definition) is 3. The van der Waals surface area contributed by atoms with Crippen molar-refractivity contribution in [3.63, 3.8) is 0 Å². The van der Waals surface area contributed by atoms with Crippen LogP contribution in [-0.2, 0) is 0 Å². The SMILES string of the molecule is CNC(=O)c1cccc(NC(=O)NC(C)c2cc(C)oc2C)c1. The molecule has 6 heteroatoms. The van der Waals surface area contributed by atoms with Gasteiger partial charge in [-0.25, -0.2) is 4.79 Å². The summed E-state index contributed by atoms with van der Waals surface area (Å²) in [6.45, 7) is 5.62. The molecular weight excluding hydrogens is 294 g/mol. The van der Waals surface area contributed by atoms with Gasteiger partial charge < -0.3 is 20.4 Å². The van der Waals surface area contributed by atoms with E-state index in [1.54, 1.807) is 31.3 Å². The molecule has 3 amide bonds. The maximum atomic E-state index is 12.1. The number of amides is 3. The number of carbonyl (C=O) groups excluding carboxylic acids is 2. The third-order valence-electron chi connectivity index (χ3n) is 3.50. The van der Waals surface area contributed by atoms with Gasteiger partial charge in [0.2, 0.25) is 0 Å². The van der Waals surface area contributed by atoms with E-state index in [4.69, 9.17) is 4.42 Å². The fourth-order valence-corrected chi connectivity index (χ4v) is 2.40. The second-order valence-electron chi connectivity index (χ2n) is 5.35. The molecular formula is C17H21N3O3. The summed E-state index contributed by atoms with van der Waals surface area (Å²) in [5.74, 6) is 1.40. The van der Waals surface area contributed by atoms with Crippen molar-refractivity contribution >= 4 is 17.6 Å². The molecule has 0 fully saturated rings.